The van der Waals surface area contributed by atoms with Gasteiger partial charge >= 0.3 is 11.8 Å². The smallest absolute Gasteiger partial charge is 0.313 e. The van der Waals surface area contributed by atoms with Crippen LogP contribution in [0.4, 0.5) is 14.5 Å². The maximum atomic E-state index is 14.6. The average molecular weight is 557 g/mol. The number of hydrogen-bond acceptors (Lipinski definition) is 7. The Morgan fingerprint density at radius 1 is 1.12 bits per heavy atom. The van der Waals surface area contributed by atoms with E-state index < -0.39 is 41.0 Å². The first-order chi connectivity index (χ1) is 19.2. The molecule has 0 aromatic carbocycles. The largest absolute Gasteiger partial charge is 0.346 e. The topological polar surface area (TPSA) is 144 Å². The first kappa shape index (κ1) is 28.5. The fourth-order valence-corrected chi connectivity index (χ4v) is 4.18. The molecule has 14 heteroatoms. The molecule has 1 aliphatic heterocycles. The number of amides is 3. The molecule has 4 rings (SSSR count). The van der Waals surface area contributed by atoms with Crippen LogP contribution in [0, 0.1) is 12.7 Å². The minimum Gasteiger partial charge on any atom is -0.346 e. The fourth-order valence-electron chi connectivity index (χ4n) is 4.18. The van der Waals surface area contributed by atoms with E-state index in [0.717, 1.165) is 41.2 Å². The summed E-state index contributed by atoms with van der Waals surface area (Å²) in [7, 11) is 0. The number of aromatic nitrogens is 5. The van der Waals surface area contributed by atoms with E-state index >= 15 is 0 Å². The van der Waals surface area contributed by atoms with Crippen LogP contribution >= 0.6 is 0 Å². The fraction of sp³-hybridized carbons (Fsp3) is 0.423. The number of alkyl halides is 1. The van der Waals surface area contributed by atoms with Crippen LogP contribution in [0.5, 0.6) is 0 Å². The Balaban J connectivity index is 1.26. The summed E-state index contributed by atoms with van der Waals surface area (Å²) in [5.41, 5.74) is 0.208. The number of halogens is 2. The van der Waals surface area contributed by atoms with E-state index in [-0.39, 0.29) is 31.7 Å². The second kappa shape index (κ2) is 13.0. The molecule has 3 aromatic heterocycles. The molecular weight excluding hydrogens is 526 g/mol. The van der Waals surface area contributed by atoms with Crippen molar-refractivity contribution < 1.29 is 23.2 Å². The van der Waals surface area contributed by atoms with Crippen molar-refractivity contribution in [3.8, 4) is 0 Å². The highest BCUT2D eigenvalue weighted by Crippen LogP contribution is 2.13. The molecule has 0 bridgehead atoms. The Bertz CT molecular complexity index is 1420. The van der Waals surface area contributed by atoms with Crippen molar-refractivity contribution in [2.24, 2.45) is 0 Å². The number of rotatable bonds is 9. The van der Waals surface area contributed by atoms with Gasteiger partial charge in [0, 0.05) is 44.3 Å². The molecule has 2 N–H and O–H groups in total. The number of likely N-dealkylation sites (tertiary alicyclic amines) is 1. The molecule has 1 atom stereocenters. The molecule has 1 saturated heterocycles. The van der Waals surface area contributed by atoms with Gasteiger partial charge in [0.2, 0.25) is 5.82 Å². The summed E-state index contributed by atoms with van der Waals surface area (Å²) in [6.07, 6.45) is 5.11. The Morgan fingerprint density at radius 2 is 1.90 bits per heavy atom. The molecule has 1 fully saturated rings. The van der Waals surface area contributed by atoms with Gasteiger partial charge in [0.25, 0.3) is 11.5 Å². The maximum absolute atomic E-state index is 14.6. The molecule has 3 amide bonds. The Hall–Kier alpha value is -4.49. The van der Waals surface area contributed by atoms with E-state index in [4.69, 9.17) is 0 Å². The van der Waals surface area contributed by atoms with Gasteiger partial charge in [-0.15, -0.1) is 5.10 Å². The summed E-state index contributed by atoms with van der Waals surface area (Å²) in [6.45, 7) is 2.63. The van der Waals surface area contributed by atoms with Crippen molar-refractivity contribution in [3.05, 3.63) is 69.9 Å². The third-order valence-corrected chi connectivity index (χ3v) is 6.46. The first-order valence-electron chi connectivity index (χ1n) is 12.9. The van der Waals surface area contributed by atoms with Gasteiger partial charge in [0.1, 0.15) is 6.17 Å². The van der Waals surface area contributed by atoms with E-state index in [1.165, 1.54) is 22.0 Å². The molecule has 0 aliphatic carbocycles. The number of pyridine rings is 2. The number of anilines is 1. The van der Waals surface area contributed by atoms with Crippen LogP contribution in [0.25, 0.3) is 0 Å². The minimum atomic E-state index is -1.48. The van der Waals surface area contributed by atoms with Gasteiger partial charge in [-0.2, -0.15) is 4.39 Å². The molecule has 1 unspecified atom stereocenters. The van der Waals surface area contributed by atoms with Crippen molar-refractivity contribution in [1.82, 2.24) is 34.8 Å². The lowest BCUT2D eigenvalue weighted by Crippen LogP contribution is -2.42. The Labute approximate surface area is 228 Å². The number of aryl methyl sites for hydroxylation is 2. The lowest BCUT2D eigenvalue weighted by Gasteiger charge is -2.25. The predicted octanol–water partition coefficient (Wildman–Crippen LogP) is 1.59. The van der Waals surface area contributed by atoms with Gasteiger partial charge in [-0.1, -0.05) is 11.3 Å². The van der Waals surface area contributed by atoms with Crippen LogP contribution in [-0.2, 0) is 29.2 Å². The van der Waals surface area contributed by atoms with E-state index in [0.29, 0.717) is 13.1 Å². The number of nitrogens with zero attached hydrogens (tertiary/aromatic N) is 6. The zero-order valence-corrected chi connectivity index (χ0v) is 22.0. The summed E-state index contributed by atoms with van der Waals surface area (Å²) < 4.78 is 31.4. The Morgan fingerprint density at radius 3 is 2.62 bits per heavy atom. The quantitative estimate of drug-likeness (QED) is 0.381. The monoisotopic (exact) mass is 556 g/mol. The van der Waals surface area contributed by atoms with Crippen LogP contribution in [0.15, 0.2) is 41.6 Å². The van der Waals surface area contributed by atoms with Crippen molar-refractivity contribution >= 4 is 23.4 Å². The van der Waals surface area contributed by atoms with Crippen molar-refractivity contribution in [2.45, 2.75) is 58.4 Å². The third kappa shape index (κ3) is 7.33. The van der Waals surface area contributed by atoms with Gasteiger partial charge in [-0.3, -0.25) is 24.2 Å². The summed E-state index contributed by atoms with van der Waals surface area (Å²) in [6, 6.07) is 4.82. The van der Waals surface area contributed by atoms with Crippen LogP contribution < -0.4 is 16.2 Å². The highest BCUT2D eigenvalue weighted by Gasteiger charge is 2.25. The maximum Gasteiger partial charge on any atom is 0.313 e. The molecule has 40 heavy (non-hydrogen) atoms. The molecule has 0 spiro atoms. The standard InChI is InChI=1S/C26H30F2N8O4/c1-17-5-6-18(13-29-17)14-30-23(37)21-16-36(33-32-21)15-19(27)7-11-35-12-8-20(22(28)25(35)39)31-24(38)26(40)34-9-3-2-4-10-34/h5-6,8,12-13,16,19H,2-4,7,9-11,14-15H2,1H3,(H,30,37)(H,31,38). The van der Waals surface area contributed by atoms with Gasteiger partial charge in [-0.25, -0.2) is 9.07 Å². The number of carbonyl (C=O) groups excluding carboxylic acids is 3. The van der Waals surface area contributed by atoms with E-state index in [2.05, 4.69) is 25.9 Å². The summed E-state index contributed by atoms with van der Waals surface area (Å²) in [5, 5.41) is 12.4. The zero-order chi connectivity index (χ0) is 28.6. The second-order valence-electron chi connectivity index (χ2n) is 9.55. The summed E-state index contributed by atoms with van der Waals surface area (Å²) in [4.78, 5) is 54.8. The highest BCUT2D eigenvalue weighted by molar-refractivity contribution is 6.39. The predicted molar refractivity (Wildman–Crippen MR) is 139 cm³/mol. The van der Waals surface area contributed by atoms with Gasteiger partial charge in [0.05, 0.1) is 18.4 Å². The van der Waals surface area contributed by atoms with Crippen molar-refractivity contribution in [3.63, 3.8) is 0 Å². The van der Waals surface area contributed by atoms with E-state index in [1.54, 1.807) is 6.20 Å². The third-order valence-electron chi connectivity index (χ3n) is 6.46. The zero-order valence-electron chi connectivity index (χ0n) is 22.0. The molecule has 12 nitrogen and oxygen atoms in total. The van der Waals surface area contributed by atoms with Crippen molar-refractivity contribution in [2.75, 3.05) is 18.4 Å². The number of hydrogen-bond donors (Lipinski definition) is 2. The van der Waals surface area contributed by atoms with Gasteiger partial charge in [0.15, 0.2) is 5.69 Å². The number of nitrogens with one attached hydrogen (secondary N) is 2. The summed E-state index contributed by atoms with van der Waals surface area (Å²) >= 11 is 0. The highest BCUT2D eigenvalue weighted by atomic mass is 19.1. The van der Waals surface area contributed by atoms with Gasteiger partial charge in [-0.05, 0) is 50.3 Å². The minimum absolute atomic E-state index is 0.0157. The SMILES string of the molecule is Cc1ccc(CNC(=O)c2cn(CC(F)CCn3ccc(NC(=O)C(=O)N4CCCCC4)c(F)c3=O)nn2)cn1. The lowest BCUT2D eigenvalue weighted by atomic mass is 10.1. The van der Waals surface area contributed by atoms with Crippen LogP contribution in [-0.4, -0.2) is 66.4 Å². The number of piperidine rings is 1. The first-order valence-corrected chi connectivity index (χ1v) is 12.9. The van der Waals surface area contributed by atoms with E-state index in [1.807, 2.05) is 19.1 Å². The van der Waals surface area contributed by atoms with E-state index in [9.17, 15) is 28.0 Å². The normalized spacial score (nSPS) is 14.0. The summed E-state index contributed by atoms with van der Waals surface area (Å²) in [5.74, 6) is -3.52. The lowest BCUT2D eigenvalue weighted by molar-refractivity contribution is -0.143. The van der Waals surface area contributed by atoms with Crippen LogP contribution in [0.1, 0.15) is 47.4 Å². The molecule has 0 radical (unpaired) electrons. The van der Waals surface area contributed by atoms with Crippen LogP contribution in [0.3, 0.4) is 0 Å². The average Bonchev–Trinajstić information content (AvgIpc) is 3.43. The van der Waals surface area contributed by atoms with Crippen LogP contribution in [0.2, 0.25) is 0 Å². The second-order valence-corrected chi connectivity index (χ2v) is 9.55. The molecule has 3 aromatic rings. The van der Waals surface area contributed by atoms with Gasteiger partial charge < -0.3 is 20.1 Å². The molecule has 0 saturated carbocycles. The Kier molecular flexibility index (Phi) is 9.30. The molecule has 212 valence electrons. The molecule has 1 aliphatic rings. The molecular formula is C26H30F2N8O4. The number of carbonyl (C=O) groups is 3. The van der Waals surface area contributed by atoms with Crippen molar-refractivity contribution in [1.29, 1.82) is 0 Å². The molecule has 4 heterocycles.